The Kier molecular flexibility index (Phi) is 9.11. The Morgan fingerprint density at radius 3 is 2.75 bits per heavy atom. The molecular formula is C23H28N8O9. The van der Waals surface area contributed by atoms with Crippen molar-refractivity contribution in [3.63, 3.8) is 0 Å². The third-order valence-electron chi connectivity index (χ3n) is 6.52. The highest BCUT2D eigenvalue weighted by molar-refractivity contribution is 5.91. The van der Waals surface area contributed by atoms with Gasteiger partial charge in [0.15, 0.2) is 0 Å². The number of aromatic amines is 1. The van der Waals surface area contributed by atoms with Crippen LogP contribution in [0.5, 0.6) is 0 Å². The van der Waals surface area contributed by atoms with Crippen molar-refractivity contribution >= 4 is 17.7 Å². The fourth-order valence-corrected chi connectivity index (χ4v) is 4.42. The summed E-state index contributed by atoms with van der Waals surface area (Å²) in [5, 5.41) is 15.3. The molecule has 1 amide bonds. The van der Waals surface area contributed by atoms with Gasteiger partial charge in [-0.3, -0.25) is 28.5 Å². The van der Waals surface area contributed by atoms with E-state index in [-0.39, 0.29) is 50.0 Å². The number of hydrogen-bond acceptors (Lipinski definition) is 11. The standard InChI is InChI=1S/C23H28N8O9/c1-12-9-31(23(37)27-21(12)35)19-8-14(28-29-24)15(40-19)11-38-20(34)5-3-17(33)25-16-6-7-30(22(36)26-16)18-4-2-13(10-32)39-18/h6-7,9,13-15,18-19,32H,2-5,8,10-11H2,1H3,(H,27,35,37)(H,25,26,33,36)/t13-,14-,15+,18+,19+/m0/s1. The lowest BCUT2D eigenvalue weighted by molar-refractivity contribution is -0.149. The molecule has 0 spiro atoms. The van der Waals surface area contributed by atoms with Gasteiger partial charge in [0.1, 0.15) is 31.0 Å². The van der Waals surface area contributed by atoms with E-state index in [0.29, 0.717) is 12.8 Å². The van der Waals surface area contributed by atoms with E-state index in [1.165, 1.54) is 34.5 Å². The molecule has 40 heavy (non-hydrogen) atoms. The predicted octanol–water partition coefficient (Wildman–Crippen LogP) is 0.000120. The van der Waals surface area contributed by atoms with Crippen molar-refractivity contribution in [3.05, 3.63) is 65.8 Å². The second-order valence-electron chi connectivity index (χ2n) is 9.32. The maximum Gasteiger partial charge on any atom is 0.351 e. The van der Waals surface area contributed by atoms with E-state index in [1.807, 2.05) is 0 Å². The molecule has 2 aliphatic rings. The van der Waals surface area contributed by atoms with Crippen LogP contribution in [0.1, 0.15) is 50.1 Å². The monoisotopic (exact) mass is 560 g/mol. The lowest BCUT2D eigenvalue weighted by Gasteiger charge is -2.17. The second kappa shape index (κ2) is 12.7. The number of carbonyl (C=O) groups excluding carboxylic acids is 2. The first kappa shape index (κ1) is 28.7. The maximum absolute atomic E-state index is 12.3. The summed E-state index contributed by atoms with van der Waals surface area (Å²) in [7, 11) is 0. The number of aromatic nitrogens is 4. The Bertz CT molecular complexity index is 1480. The molecule has 5 atom stereocenters. The largest absolute Gasteiger partial charge is 0.463 e. The number of nitrogens with one attached hydrogen (secondary N) is 2. The van der Waals surface area contributed by atoms with Crippen molar-refractivity contribution in [2.45, 2.75) is 69.7 Å². The number of nitrogens with zero attached hydrogens (tertiary/aromatic N) is 6. The van der Waals surface area contributed by atoms with E-state index >= 15 is 0 Å². The van der Waals surface area contributed by atoms with Crippen LogP contribution >= 0.6 is 0 Å². The van der Waals surface area contributed by atoms with E-state index in [4.69, 9.17) is 19.7 Å². The van der Waals surface area contributed by atoms with Gasteiger partial charge in [-0.2, -0.15) is 4.98 Å². The van der Waals surface area contributed by atoms with Crippen LogP contribution in [0.15, 0.2) is 38.0 Å². The highest BCUT2D eigenvalue weighted by atomic mass is 16.6. The average molecular weight is 561 g/mol. The van der Waals surface area contributed by atoms with Gasteiger partial charge in [-0.15, -0.1) is 0 Å². The Morgan fingerprint density at radius 1 is 1.25 bits per heavy atom. The quantitative estimate of drug-likeness (QED) is 0.152. The molecule has 0 aliphatic carbocycles. The molecule has 2 saturated heterocycles. The smallest absolute Gasteiger partial charge is 0.351 e. The second-order valence-corrected chi connectivity index (χ2v) is 9.32. The normalized spacial score (nSPS) is 23.9. The van der Waals surface area contributed by atoms with Crippen molar-refractivity contribution in [1.29, 1.82) is 0 Å². The van der Waals surface area contributed by atoms with Crippen molar-refractivity contribution in [1.82, 2.24) is 19.1 Å². The molecule has 0 bridgehead atoms. The minimum absolute atomic E-state index is 0.00617. The number of aliphatic hydroxyl groups is 1. The van der Waals surface area contributed by atoms with Crippen LogP contribution in [0, 0.1) is 6.92 Å². The van der Waals surface area contributed by atoms with Gasteiger partial charge in [0.25, 0.3) is 5.56 Å². The van der Waals surface area contributed by atoms with E-state index < -0.39 is 53.4 Å². The molecule has 214 valence electrons. The molecule has 2 aromatic rings. The molecular weight excluding hydrogens is 532 g/mol. The summed E-state index contributed by atoms with van der Waals surface area (Å²) in [6.07, 6.45) is 0.884. The molecule has 2 aliphatic heterocycles. The number of anilines is 1. The molecule has 2 aromatic heterocycles. The van der Waals surface area contributed by atoms with Crippen LogP contribution < -0.4 is 22.3 Å². The Hall–Kier alpha value is -4.31. The van der Waals surface area contributed by atoms with Gasteiger partial charge in [0, 0.05) is 35.7 Å². The molecule has 0 aromatic carbocycles. The fraction of sp³-hybridized carbons (Fsp3) is 0.565. The number of H-pyrrole nitrogens is 1. The fourth-order valence-electron chi connectivity index (χ4n) is 4.42. The topological polar surface area (TPSA) is 233 Å². The van der Waals surface area contributed by atoms with Gasteiger partial charge >= 0.3 is 17.3 Å². The van der Waals surface area contributed by atoms with Crippen LogP contribution in [0.2, 0.25) is 0 Å². The van der Waals surface area contributed by atoms with Crippen molar-refractivity contribution in [2.24, 2.45) is 5.11 Å². The highest BCUT2D eigenvalue weighted by Crippen LogP contribution is 2.30. The average Bonchev–Trinajstić information content (AvgIpc) is 3.56. The molecule has 2 fully saturated rings. The van der Waals surface area contributed by atoms with Crippen LogP contribution in [-0.2, 0) is 23.8 Å². The summed E-state index contributed by atoms with van der Waals surface area (Å²) in [6, 6.07) is 0.675. The predicted molar refractivity (Wildman–Crippen MR) is 135 cm³/mol. The van der Waals surface area contributed by atoms with Crippen molar-refractivity contribution in [3.8, 4) is 0 Å². The minimum atomic E-state index is -0.856. The Labute approximate surface area is 225 Å². The highest BCUT2D eigenvalue weighted by Gasteiger charge is 2.37. The zero-order chi connectivity index (χ0) is 28.8. The van der Waals surface area contributed by atoms with Gasteiger partial charge in [0.2, 0.25) is 5.91 Å². The summed E-state index contributed by atoms with van der Waals surface area (Å²) in [6.45, 7) is 1.08. The molecule has 0 unspecified atom stereocenters. The minimum Gasteiger partial charge on any atom is -0.463 e. The van der Waals surface area contributed by atoms with E-state index in [2.05, 4.69) is 25.3 Å². The number of amides is 1. The number of ether oxygens (including phenoxy) is 3. The summed E-state index contributed by atoms with van der Waals surface area (Å²) in [4.78, 5) is 69.4. The zero-order valence-electron chi connectivity index (χ0n) is 21.5. The first-order chi connectivity index (χ1) is 19.2. The molecule has 0 saturated carbocycles. The van der Waals surface area contributed by atoms with Gasteiger partial charge in [-0.05, 0) is 31.4 Å². The first-order valence-corrected chi connectivity index (χ1v) is 12.5. The van der Waals surface area contributed by atoms with Crippen molar-refractivity contribution < 1.29 is 28.9 Å². The number of esters is 1. The molecule has 4 rings (SSSR count). The summed E-state index contributed by atoms with van der Waals surface area (Å²) in [5.74, 6) is -1.29. The molecule has 0 radical (unpaired) electrons. The van der Waals surface area contributed by atoms with E-state index in [9.17, 15) is 29.1 Å². The molecule has 4 heterocycles. The van der Waals surface area contributed by atoms with Crippen LogP contribution in [-0.4, -0.2) is 67.5 Å². The summed E-state index contributed by atoms with van der Waals surface area (Å²) >= 11 is 0. The number of carbonyl (C=O) groups is 2. The van der Waals surface area contributed by atoms with Gasteiger partial charge in [-0.1, -0.05) is 5.11 Å². The van der Waals surface area contributed by atoms with Crippen LogP contribution in [0.25, 0.3) is 10.4 Å². The number of rotatable bonds is 10. The first-order valence-electron chi connectivity index (χ1n) is 12.5. The maximum atomic E-state index is 12.3. The summed E-state index contributed by atoms with van der Waals surface area (Å²) < 4.78 is 19.0. The zero-order valence-corrected chi connectivity index (χ0v) is 21.5. The molecule has 17 heteroatoms. The lowest BCUT2D eigenvalue weighted by atomic mass is 10.1. The number of hydrogen-bond donors (Lipinski definition) is 3. The number of azide groups is 1. The Balaban J connectivity index is 1.26. The number of aryl methyl sites for hydroxylation is 1. The third-order valence-corrected chi connectivity index (χ3v) is 6.52. The van der Waals surface area contributed by atoms with Gasteiger partial charge < -0.3 is 24.6 Å². The number of aliphatic hydroxyl groups excluding tert-OH is 1. The van der Waals surface area contributed by atoms with Gasteiger partial charge in [0.05, 0.1) is 25.2 Å². The SMILES string of the molecule is Cc1cn([C@H]2C[C@H](N=[N+]=[N-])[C@@H](COC(=O)CCC(=O)Nc3ccn([C@H]4CC[C@@H](CO)O4)c(=O)n3)O2)c(=O)[nH]c1=O. The van der Waals surface area contributed by atoms with E-state index in [0.717, 1.165) is 0 Å². The lowest BCUT2D eigenvalue weighted by Crippen LogP contribution is -2.33. The van der Waals surface area contributed by atoms with E-state index in [1.54, 1.807) is 0 Å². The third kappa shape index (κ3) is 6.81. The van der Waals surface area contributed by atoms with Crippen LogP contribution in [0.3, 0.4) is 0 Å². The Morgan fingerprint density at radius 2 is 2.05 bits per heavy atom. The molecule has 17 nitrogen and oxygen atoms in total. The summed E-state index contributed by atoms with van der Waals surface area (Å²) in [5.41, 5.74) is 7.30. The molecule has 3 N–H and O–H groups in total. The van der Waals surface area contributed by atoms with Gasteiger partial charge in [-0.25, -0.2) is 9.59 Å². The van der Waals surface area contributed by atoms with Crippen LogP contribution in [0.4, 0.5) is 5.82 Å². The van der Waals surface area contributed by atoms with Crippen molar-refractivity contribution in [2.75, 3.05) is 18.5 Å².